The van der Waals surface area contributed by atoms with Crippen LogP contribution < -0.4 is 10.3 Å². The molecule has 0 atom stereocenters. The molecule has 0 amide bonds. The minimum Gasteiger partial charge on any atom is -0.456 e. The highest BCUT2D eigenvalue weighted by Crippen LogP contribution is 2.23. The lowest BCUT2D eigenvalue weighted by atomic mass is 10.0. The average molecular weight is 449 g/mol. The van der Waals surface area contributed by atoms with Gasteiger partial charge in [-0.3, -0.25) is 14.0 Å². The van der Waals surface area contributed by atoms with Gasteiger partial charge in [0.25, 0.3) is 5.56 Å². The second kappa shape index (κ2) is 9.03. The Balaban J connectivity index is 1.43. The molecule has 4 rings (SSSR count). The van der Waals surface area contributed by atoms with Gasteiger partial charge in [0.1, 0.15) is 18.0 Å². The maximum atomic E-state index is 12.4. The molecule has 2 aromatic heterocycles. The van der Waals surface area contributed by atoms with Crippen molar-refractivity contribution in [2.75, 3.05) is 0 Å². The number of aromatic nitrogens is 2. The number of pyridine rings is 1. The molecule has 0 saturated heterocycles. The lowest BCUT2D eigenvalue weighted by Gasteiger charge is -2.08. The number of rotatable bonds is 5. The van der Waals surface area contributed by atoms with Gasteiger partial charge in [-0.15, -0.1) is 0 Å². The Labute approximate surface area is 187 Å². The predicted octanol–water partition coefficient (Wildman–Crippen LogP) is 4.30. The Morgan fingerprint density at radius 2 is 1.62 bits per heavy atom. The standard InChI is InChI=1S/C24H17ClN2O5/c1-15(28)32-21-9-6-17(7-10-21)16-2-4-18(5-3-16)24(30)31-14-20-12-23(29)27-13-19(25)8-11-22(27)26-20/h2-13H,14H2,1H3. The second-order valence-electron chi connectivity index (χ2n) is 6.93. The molecule has 8 heteroatoms. The third-order valence-corrected chi connectivity index (χ3v) is 4.82. The number of benzene rings is 2. The first-order valence-corrected chi connectivity index (χ1v) is 10.0. The average Bonchev–Trinajstić information content (AvgIpc) is 2.78. The molecule has 4 aromatic rings. The summed E-state index contributed by atoms with van der Waals surface area (Å²) in [6.45, 7) is 1.21. The third-order valence-electron chi connectivity index (χ3n) is 4.60. The number of esters is 2. The van der Waals surface area contributed by atoms with Crippen molar-refractivity contribution in [2.45, 2.75) is 13.5 Å². The van der Waals surface area contributed by atoms with Crippen LogP contribution in [-0.4, -0.2) is 21.3 Å². The molecule has 0 aliphatic rings. The molecule has 7 nitrogen and oxygen atoms in total. The molecule has 160 valence electrons. The monoisotopic (exact) mass is 448 g/mol. The van der Waals surface area contributed by atoms with Crippen molar-refractivity contribution >= 4 is 29.2 Å². The van der Waals surface area contributed by atoms with E-state index < -0.39 is 5.97 Å². The fourth-order valence-electron chi connectivity index (χ4n) is 3.10. The van der Waals surface area contributed by atoms with E-state index in [0.29, 0.717) is 27.7 Å². The highest BCUT2D eigenvalue weighted by Gasteiger charge is 2.10. The van der Waals surface area contributed by atoms with E-state index in [0.717, 1.165) is 11.1 Å². The number of halogens is 1. The number of carbonyl (C=O) groups is 2. The molecular weight excluding hydrogens is 432 g/mol. The number of ether oxygens (including phenoxy) is 2. The molecule has 0 bridgehead atoms. The zero-order valence-corrected chi connectivity index (χ0v) is 17.7. The smallest absolute Gasteiger partial charge is 0.338 e. The van der Waals surface area contributed by atoms with E-state index in [1.165, 1.54) is 23.6 Å². The van der Waals surface area contributed by atoms with Gasteiger partial charge in [-0.1, -0.05) is 35.9 Å². The van der Waals surface area contributed by atoms with Gasteiger partial charge < -0.3 is 9.47 Å². The summed E-state index contributed by atoms with van der Waals surface area (Å²) >= 11 is 5.90. The Morgan fingerprint density at radius 1 is 0.969 bits per heavy atom. The summed E-state index contributed by atoms with van der Waals surface area (Å²) in [4.78, 5) is 39.9. The second-order valence-corrected chi connectivity index (χ2v) is 7.37. The molecule has 0 saturated carbocycles. The summed E-state index contributed by atoms with van der Waals surface area (Å²) in [5.41, 5.74) is 2.61. The topological polar surface area (TPSA) is 87.0 Å². The van der Waals surface area contributed by atoms with Crippen molar-refractivity contribution in [3.8, 4) is 16.9 Å². The Kier molecular flexibility index (Phi) is 6.00. The third kappa shape index (κ3) is 4.84. The van der Waals surface area contributed by atoms with Crippen LogP contribution in [0.5, 0.6) is 5.75 Å². The normalized spacial score (nSPS) is 10.7. The van der Waals surface area contributed by atoms with Crippen LogP contribution in [0.3, 0.4) is 0 Å². The van der Waals surface area contributed by atoms with Crippen LogP contribution in [-0.2, 0) is 16.1 Å². The van der Waals surface area contributed by atoms with Crippen LogP contribution >= 0.6 is 11.6 Å². The van der Waals surface area contributed by atoms with Gasteiger partial charge in [0.05, 0.1) is 16.3 Å². The van der Waals surface area contributed by atoms with Gasteiger partial charge in [0.15, 0.2) is 0 Å². The molecule has 0 aliphatic heterocycles. The summed E-state index contributed by atoms with van der Waals surface area (Å²) in [7, 11) is 0. The fourth-order valence-corrected chi connectivity index (χ4v) is 3.26. The van der Waals surface area contributed by atoms with E-state index in [4.69, 9.17) is 21.1 Å². The van der Waals surface area contributed by atoms with E-state index in [-0.39, 0.29) is 18.1 Å². The first-order valence-electron chi connectivity index (χ1n) is 9.63. The molecule has 0 fully saturated rings. The van der Waals surface area contributed by atoms with Crippen molar-refractivity contribution in [1.29, 1.82) is 0 Å². The Morgan fingerprint density at radius 3 is 2.28 bits per heavy atom. The van der Waals surface area contributed by atoms with Gasteiger partial charge in [0, 0.05) is 19.2 Å². The number of nitrogens with zero attached hydrogens (tertiary/aromatic N) is 2. The highest BCUT2D eigenvalue weighted by molar-refractivity contribution is 6.30. The van der Waals surface area contributed by atoms with Crippen molar-refractivity contribution in [1.82, 2.24) is 9.38 Å². The van der Waals surface area contributed by atoms with Crippen molar-refractivity contribution in [2.24, 2.45) is 0 Å². The van der Waals surface area contributed by atoms with E-state index in [1.807, 2.05) is 12.1 Å². The van der Waals surface area contributed by atoms with Gasteiger partial charge in [-0.2, -0.15) is 0 Å². The summed E-state index contributed by atoms with van der Waals surface area (Å²) in [5, 5.41) is 0.421. The zero-order chi connectivity index (χ0) is 22.7. The molecule has 32 heavy (non-hydrogen) atoms. The fraction of sp³-hybridized carbons (Fsp3) is 0.0833. The molecule has 2 aromatic carbocycles. The maximum absolute atomic E-state index is 12.4. The first kappa shape index (κ1) is 21.3. The van der Waals surface area contributed by atoms with E-state index in [1.54, 1.807) is 48.5 Å². The molecule has 0 spiro atoms. The molecule has 2 heterocycles. The number of carbonyl (C=O) groups excluding carboxylic acids is 2. The van der Waals surface area contributed by atoms with Crippen LogP contribution in [0, 0.1) is 0 Å². The van der Waals surface area contributed by atoms with E-state index in [9.17, 15) is 14.4 Å². The molecule has 0 N–H and O–H groups in total. The molecule has 0 radical (unpaired) electrons. The Hall–Kier alpha value is -3.97. The molecular formula is C24H17ClN2O5. The number of hydrogen-bond acceptors (Lipinski definition) is 6. The number of fused-ring (bicyclic) bond motifs is 1. The van der Waals surface area contributed by atoms with Gasteiger partial charge in [0.2, 0.25) is 0 Å². The zero-order valence-electron chi connectivity index (χ0n) is 16.9. The quantitative estimate of drug-likeness (QED) is 0.334. The molecule has 0 unspecified atom stereocenters. The van der Waals surface area contributed by atoms with Crippen LogP contribution in [0.2, 0.25) is 5.02 Å². The predicted molar refractivity (Wildman–Crippen MR) is 119 cm³/mol. The lowest BCUT2D eigenvalue weighted by Crippen LogP contribution is -2.16. The maximum Gasteiger partial charge on any atom is 0.338 e. The lowest BCUT2D eigenvalue weighted by molar-refractivity contribution is -0.131. The number of hydrogen-bond donors (Lipinski definition) is 0. The van der Waals surface area contributed by atoms with Gasteiger partial charge in [-0.05, 0) is 47.5 Å². The summed E-state index contributed by atoms with van der Waals surface area (Å²) in [6.07, 6.45) is 1.48. The van der Waals surface area contributed by atoms with E-state index >= 15 is 0 Å². The van der Waals surface area contributed by atoms with Crippen molar-refractivity contribution in [3.63, 3.8) is 0 Å². The minimum absolute atomic E-state index is 0.132. The first-order chi connectivity index (χ1) is 15.4. The van der Waals surface area contributed by atoms with Crippen LogP contribution in [0.15, 0.2) is 77.7 Å². The highest BCUT2D eigenvalue weighted by atomic mass is 35.5. The van der Waals surface area contributed by atoms with Crippen molar-refractivity contribution in [3.05, 3.63) is 99.6 Å². The van der Waals surface area contributed by atoms with Crippen LogP contribution in [0.1, 0.15) is 23.0 Å². The summed E-state index contributed by atoms with van der Waals surface area (Å²) < 4.78 is 11.7. The minimum atomic E-state index is -0.528. The van der Waals surface area contributed by atoms with Crippen LogP contribution in [0.4, 0.5) is 0 Å². The SMILES string of the molecule is CC(=O)Oc1ccc(-c2ccc(C(=O)OCc3cc(=O)n4cc(Cl)ccc4n3)cc2)cc1. The summed E-state index contributed by atoms with van der Waals surface area (Å²) in [6, 6.07) is 18.5. The van der Waals surface area contributed by atoms with E-state index in [2.05, 4.69) is 4.98 Å². The summed E-state index contributed by atoms with van der Waals surface area (Å²) in [5.74, 6) is -0.444. The Bertz CT molecular complexity index is 1360. The van der Waals surface area contributed by atoms with Crippen LogP contribution in [0.25, 0.3) is 16.8 Å². The largest absolute Gasteiger partial charge is 0.456 e. The molecule has 0 aliphatic carbocycles. The van der Waals surface area contributed by atoms with Gasteiger partial charge >= 0.3 is 11.9 Å². The van der Waals surface area contributed by atoms with Crippen molar-refractivity contribution < 1.29 is 19.1 Å². The van der Waals surface area contributed by atoms with Gasteiger partial charge in [-0.25, -0.2) is 9.78 Å².